The maximum Gasteiger partial charge on any atom is 0.282 e. The minimum absolute atomic E-state index is 0.0235. The molecule has 0 N–H and O–H groups in total. The van der Waals surface area contributed by atoms with Gasteiger partial charge in [-0.05, 0) is 25.7 Å². The largest absolute Gasteiger partial charge is 0.375 e. The number of fused-ring (bicyclic) bond motifs is 1. The predicted octanol–water partition coefficient (Wildman–Crippen LogP) is 1.97. The van der Waals surface area contributed by atoms with E-state index in [1.807, 2.05) is 0 Å². The standard InChI is InChI=1S/C14H25ClN2O3S/c15-11-12-5-3-4-8-16(12)21(18,19)17-9-10-20-14-7-2-1-6-13(14)17/h12-14H,1-11H2. The number of halogens is 1. The van der Waals surface area contributed by atoms with E-state index < -0.39 is 10.2 Å². The third-order valence-corrected chi connectivity index (χ3v) is 7.50. The van der Waals surface area contributed by atoms with Crippen molar-refractivity contribution in [1.29, 1.82) is 0 Å². The lowest BCUT2D eigenvalue weighted by atomic mass is 9.91. The molecule has 3 atom stereocenters. The Kier molecular flexibility index (Phi) is 5.11. The van der Waals surface area contributed by atoms with Gasteiger partial charge in [-0.15, -0.1) is 11.6 Å². The lowest BCUT2D eigenvalue weighted by molar-refractivity contribution is -0.0607. The third-order valence-electron chi connectivity index (χ3n) is 5.03. The van der Waals surface area contributed by atoms with Gasteiger partial charge >= 0.3 is 0 Å². The van der Waals surface area contributed by atoms with Crippen LogP contribution < -0.4 is 0 Å². The number of morpholine rings is 1. The van der Waals surface area contributed by atoms with Gasteiger partial charge in [0.05, 0.1) is 18.8 Å². The molecule has 0 bridgehead atoms. The van der Waals surface area contributed by atoms with Gasteiger partial charge in [0.2, 0.25) is 0 Å². The molecule has 3 unspecified atom stereocenters. The summed E-state index contributed by atoms with van der Waals surface area (Å²) < 4.78 is 35.4. The highest BCUT2D eigenvalue weighted by Gasteiger charge is 2.44. The molecule has 1 saturated carbocycles. The molecule has 2 aliphatic heterocycles. The van der Waals surface area contributed by atoms with Crippen molar-refractivity contribution < 1.29 is 13.2 Å². The zero-order chi connectivity index (χ0) is 14.9. The molecule has 1 aliphatic carbocycles. The lowest BCUT2D eigenvalue weighted by Gasteiger charge is -2.46. The summed E-state index contributed by atoms with van der Waals surface area (Å²) in [6.07, 6.45) is 7.10. The normalized spacial score (nSPS) is 36.3. The van der Waals surface area contributed by atoms with Crippen LogP contribution in [0.1, 0.15) is 44.9 Å². The number of hydrogen-bond donors (Lipinski definition) is 0. The highest BCUT2D eigenvalue weighted by atomic mass is 35.5. The molecule has 3 rings (SSSR count). The number of nitrogens with zero attached hydrogens (tertiary/aromatic N) is 2. The first-order chi connectivity index (χ1) is 10.1. The monoisotopic (exact) mass is 336 g/mol. The minimum Gasteiger partial charge on any atom is -0.375 e. The van der Waals surface area contributed by atoms with Gasteiger partial charge in [-0.2, -0.15) is 17.0 Å². The average molecular weight is 337 g/mol. The first-order valence-corrected chi connectivity index (χ1v) is 10.0. The van der Waals surface area contributed by atoms with Crippen LogP contribution in [0, 0.1) is 0 Å². The van der Waals surface area contributed by atoms with Crippen molar-refractivity contribution in [1.82, 2.24) is 8.61 Å². The van der Waals surface area contributed by atoms with E-state index in [9.17, 15) is 8.42 Å². The molecule has 3 fully saturated rings. The smallest absolute Gasteiger partial charge is 0.282 e. The van der Waals surface area contributed by atoms with Crippen LogP contribution in [0.2, 0.25) is 0 Å². The molecule has 0 aromatic rings. The van der Waals surface area contributed by atoms with Crippen LogP contribution in [-0.4, -0.2) is 60.8 Å². The topological polar surface area (TPSA) is 49.9 Å². The van der Waals surface area contributed by atoms with Crippen LogP contribution in [0.5, 0.6) is 0 Å². The zero-order valence-corrected chi connectivity index (χ0v) is 14.0. The summed E-state index contributed by atoms with van der Waals surface area (Å²) in [5.41, 5.74) is 0. The van der Waals surface area contributed by atoms with Crippen molar-refractivity contribution in [3.8, 4) is 0 Å². The van der Waals surface area contributed by atoms with Crippen molar-refractivity contribution in [2.75, 3.05) is 25.6 Å². The molecule has 122 valence electrons. The van der Waals surface area contributed by atoms with Crippen molar-refractivity contribution in [3.05, 3.63) is 0 Å². The molecular weight excluding hydrogens is 312 g/mol. The molecule has 0 radical (unpaired) electrons. The Balaban J connectivity index is 1.82. The summed E-state index contributed by atoms with van der Waals surface area (Å²) in [4.78, 5) is 0. The second kappa shape index (κ2) is 6.71. The second-order valence-corrected chi connectivity index (χ2v) is 8.44. The molecule has 21 heavy (non-hydrogen) atoms. The number of rotatable bonds is 3. The average Bonchev–Trinajstić information content (AvgIpc) is 2.54. The molecular formula is C14H25ClN2O3S. The van der Waals surface area contributed by atoms with E-state index in [1.54, 1.807) is 8.61 Å². The first kappa shape index (κ1) is 16.0. The van der Waals surface area contributed by atoms with E-state index in [4.69, 9.17) is 16.3 Å². The lowest BCUT2D eigenvalue weighted by Crippen LogP contribution is -2.60. The molecule has 2 heterocycles. The van der Waals surface area contributed by atoms with Gasteiger partial charge in [0.1, 0.15) is 0 Å². The van der Waals surface area contributed by atoms with Gasteiger partial charge in [-0.3, -0.25) is 0 Å². The third kappa shape index (κ3) is 3.11. The van der Waals surface area contributed by atoms with Gasteiger partial charge in [0.25, 0.3) is 10.2 Å². The fraction of sp³-hybridized carbons (Fsp3) is 1.00. The maximum atomic E-state index is 13.1. The Hall–Kier alpha value is 0.120. The van der Waals surface area contributed by atoms with Crippen LogP contribution in [0.3, 0.4) is 0 Å². The van der Waals surface area contributed by atoms with Crippen molar-refractivity contribution in [2.45, 2.75) is 63.1 Å². The minimum atomic E-state index is -3.41. The highest BCUT2D eigenvalue weighted by Crippen LogP contribution is 2.33. The number of alkyl halides is 1. The number of ether oxygens (including phenoxy) is 1. The zero-order valence-electron chi connectivity index (χ0n) is 12.4. The molecule has 0 aromatic carbocycles. The fourth-order valence-corrected chi connectivity index (χ4v) is 6.39. The summed E-state index contributed by atoms with van der Waals surface area (Å²) in [5, 5.41) is 0. The molecule has 0 spiro atoms. The summed E-state index contributed by atoms with van der Waals surface area (Å²) >= 11 is 6.01. The molecule has 0 aromatic heterocycles. The van der Waals surface area contributed by atoms with Crippen LogP contribution >= 0.6 is 11.6 Å². The van der Waals surface area contributed by atoms with Gasteiger partial charge < -0.3 is 4.74 Å². The van der Waals surface area contributed by atoms with Crippen LogP contribution in [0.25, 0.3) is 0 Å². The number of piperidine rings is 1. The predicted molar refractivity (Wildman–Crippen MR) is 82.7 cm³/mol. The van der Waals surface area contributed by atoms with Gasteiger partial charge in [0, 0.05) is 25.0 Å². The van der Waals surface area contributed by atoms with Crippen LogP contribution in [0.15, 0.2) is 0 Å². The second-order valence-electron chi connectivity index (χ2n) is 6.29. The SMILES string of the molecule is O=S(=O)(N1CCCCC1CCl)N1CCOC2CCCCC21. The molecule has 7 heteroatoms. The first-order valence-electron chi connectivity index (χ1n) is 8.11. The van der Waals surface area contributed by atoms with Crippen LogP contribution in [-0.2, 0) is 14.9 Å². The summed E-state index contributed by atoms with van der Waals surface area (Å²) in [5.74, 6) is 0.387. The Morgan fingerprint density at radius 3 is 2.57 bits per heavy atom. The van der Waals surface area contributed by atoms with E-state index in [2.05, 4.69) is 0 Å². The Morgan fingerprint density at radius 2 is 1.76 bits per heavy atom. The Bertz CT molecular complexity index is 457. The molecule has 5 nitrogen and oxygen atoms in total. The molecule has 2 saturated heterocycles. The number of hydrogen-bond acceptors (Lipinski definition) is 3. The Morgan fingerprint density at radius 1 is 1.00 bits per heavy atom. The summed E-state index contributed by atoms with van der Waals surface area (Å²) in [6, 6.07) is -0.0225. The van der Waals surface area contributed by atoms with Crippen LogP contribution in [0.4, 0.5) is 0 Å². The van der Waals surface area contributed by atoms with E-state index in [1.165, 1.54) is 0 Å². The fourth-order valence-electron chi connectivity index (χ4n) is 3.91. The van der Waals surface area contributed by atoms with Gasteiger partial charge in [-0.1, -0.05) is 19.3 Å². The quantitative estimate of drug-likeness (QED) is 0.740. The van der Waals surface area contributed by atoms with E-state index >= 15 is 0 Å². The summed E-state index contributed by atoms with van der Waals surface area (Å²) in [6.45, 7) is 1.60. The molecule has 0 amide bonds. The van der Waals surface area contributed by atoms with Gasteiger partial charge in [-0.25, -0.2) is 0 Å². The maximum absolute atomic E-state index is 13.1. The summed E-state index contributed by atoms with van der Waals surface area (Å²) in [7, 11) is -3.41. The van der Waals surface area contributed by atoms with Crippen molar-refractivity contribution in [3.63, 3.8) is 0 Å². The van der Waals surface area contributed by atoms with E-state index in [0.29, 0.717) is 25.6 Å². The van der Waals surface area contributed by atoms with E-state index in [-0.39, 0.29) is 18.2 Å². The van der Waals surface area contributed by atoms with Gasteiger partial charge in [0.15, 0.2) is 0 Å². The highest BCUT2D eigenvalue weighted by molar-refractivity contribution is 7.86. The van der Waals surface area contributed by atoms with Crippen molar-refractivity contribution >= 4 is 21.8 Å². The Labute approximate surface area is 132 Å². The molecule has 3 aliphatic rings. The van der Waals surface area contributed by atoms with Crippen molar-refractivity contribution in [2.24, 2.45) is 0 Å². The van der Waals surface area contributed by atoms with E-state index in [0.717, 1.165) is 44.9 Å².